The second-order valence-corrected chi connectivity index (χ2v) is 8.61. The van der Waals surface area contributed by atoms with Crippen LogP contribution in [-0.2, 0) is 25.6 Å². The molecule has 6 unspecified atom stereocenters. The zero-order valence-electron chi connectivity index (χ0n) is 20.4. The molecule has 13 nitrogen and oxygen atoms in total. The Bertz CT molecular complexity index is 878. The highest BCUT2D eigenvalue weighted by Gasteiger charge is 2.33. The number of carboxylic acid groups (broad SMARTS) is 1. The van der Waals surface area contributed by atoms with Gasteiger partial charge < -0.3 is 47.8 Å². The average Bonchev–Trinajstić information content (AvgIpc) is 2.81. The third-order valence-corrected chi connectivity index (χ3v) is 5.46. The number of carbonyl (C=O) groups excluding carboxylic acids is 3. The Balaban J connectivity index is 3.06. The standard InChI is InChI=1S/C23H37N5O8/c1-12(29)18(25)21(33)27-17(11-14-6-8-15(31)9-7-14)20(32)28-19(13(2)30)22(34)26-16(23(35)36)5-3-4-10-24/h6-9,12-13,16-19,29-31H,3-5,10-11,24-25H2,1-2H3,(H,26,34)(H,27,33)(H,28,32)(H,35,36). The maximum Gasteiger partial charge on any atom is 0.326 e. The van der Waals surface area contributed by atoms with Gasteiger partial charge in [-0.1, -0.05) is 12.1 Å². The highest BCUT2D eigenvalue weighted by molar-refractivity contribution is 5.94. The lowest BCUT2D eigenvalue weighted by molar-refractivity contribution is -0.143. The molecule has 1 aromatic carbocycles. The van der Waals surface area contributed by atoms with Gasteiger partial charge in [0, 0.05) is 6.42 Å². The molecule has 202 valence electrons. The average molecular weight is 512 g/mol. The molecule has 0 aliphatic heterocycles. The second kappa shape index (κ2) is 15.0. The molecule has 0 radical (unpaired) electrons. The first-order valence-electron chi connectivity index (χ1n) is 11.6. The Labute approximate surface area is 209 Å². The molecule has 3 amide bonds. The molecule has 0 fully saturated rings. The number of hydrogen-bond donors (Lipinski definition) is 9. The number of nitrogens with one attached hydrogen (secondary N) is 3. The SMILES string of the molecule is CC(O)C(N)C(=O)NC(Cc1ccc(O)cc1)C(=O)NC(C(=O)NC(CCCCN)C(=O)O)C(C)O. The van der Waals surface area contributed by atoms with Crippen molar-refractivity contribution >= 4 is 23.7 Å². The van der Waals surface area contributed by atoms with Gasteiger partial charge in [0.1, 0.15) is 29.9 Å². The van der Waals surface area contributed by atoms with Crippen LogP contribution in [-0.4, -0.2) is 87.0 Å². The fourth-order valence-electron chi connectivity index (χ4n) is 3.23. The largest absolute Gasteiger partial charge is 0.508 e. The number of benzene rings is 1. The van der Waals surface area contributed by atoms with Crippen molar-refractivity contribution in [3.8, 4) is 5.75 Å². The summed E-state index contributed by atoms with van der Waals surface area (Å²) in [4.78, 5) is 49.8. The number of aromatic hydroxyl groups is 1. The summed E-state index contributed by atoms with van der Waals surface area (Å²) in [6.45, 7) is 2.91. The highest BCUT2D eigenvalue weighted by atomic mass is 16.4. The van der Waals surface area contributed by atoms with E-state index in [0.717, 1.165) is 0 Å². The number of phenolic OH excluding ortho intramolecular Hbond substituents is 1. The van der Waals surface area contributed by atoms with E-state index < -0.39 is 60.1 Å². The topological polar surface area (TPSA) is 237 Å². The van der Waals surface area contributed by atoms with Gasteiger partial charge in [0.15, 0.2) is 0 Å². The van der Waals surface area contributed by atoms with Crippen molar-refractivity contribution in [1.29, 1.82) is 0 Å². The minimum atomic E-state index is -1.53. The molecule has 0 bridgehead atoms. The monoisotopic (exact) mass is 511 g/mol. The summed E-state index contributed by atoms with van der Waals surface area (Å²) in [6, 6.07) is 0.424. The fraction of sp³-hybridized carbons (Fsp3) is 0.565. The summed E-state index contributed by atoms with van der Waals surface area (Å²) in [6.07, 6.45) is -1.57. The van der Waals surface area contributed by atoms with Gasteiger partial charge in [-0.05, 0) is 57.4 Å². The van der Waals surface area contributed by atoms with E-state index in [0.29, 0.717) is 24.9 Å². The van der Waals surface area contributed by atoms with Gasteiger partial charge >= 0.3 is 5.97 Å². The Morgan fingerprint density at radius 3 is 1.94 bits per heavy atom. The second-order valence-electron chi connectivity index (χ2n) is 8.61. The van der Waals surface area contributed by atoms with Crippen LogP contribution in [0.5, 0.6) is 5.75 Å². The molecule has 0 heterocycles. The molecule has 13 heteroatoms. The summed E-state index contributed by atoms with van der Waals surface area (Å²) >= 11 is 0. The first kappa shape index (κ1) is 30.8. The van der Waals surface area contributed by atoms with E-state index in [4.69, 9.17) is 11.5 Å². The minimum absolute atomic E-state index is 0.00907. The number of unbranched alkanes of at least 4 members (excludes halogenated alkanes) is 1. The number of phenols is 1. The molecule has 36 heavy (non-hydrogen) atoms. The maximum atomic E-state index is 13.1. The number of hydrogen-bond acceptors (Lipinski definition) is 9. The smallest absolute Gasteiger partial charge is 0.326 e. The molecule has 0 aliphatic rings. The molecule has 1 rings (SSSR count). The summed E-state index contributed by atoms with van der Waals surface area (Å²) in [5.41, 5.74) is 11.6. The molecular weight excluding hydrogens is 474 g/mol. The van der Waals surface area contributed by atoms with Gasteiger partial charge in [-0.2, -0.15) is 0 Å². The van der Waals surface area contributed by atoms with Crippen LogP contribution in [0.4, 0.5) is 0 Å². The normalized spacial score (nSPS) is 16.1. The summed E-state index contributed by atoms with van der Waals surface area (Å²) in [5.74, 6) is -3.89. The van der Waals surface area contributed by atoms with Crippen molar-refractivity contribution < 1.29 is 39.6 Å². The number of carbonyl (C=O) groups is 4. The zero-order valence-corrected chi connectivity index (χ0v) is 20.4. The van der Waals surface area contributed by atoms with Crippen LogP contribution < -0.4 is 27.4 Å². The highest BCUT2D eigenvalue weighted by Crippen LogP contribution is 2.12. The molecular formula is C23H37N5O8. The molecule has 0 aliphatic carbocycles. The van der Waals surface area contributed by atoms with Gasteiger partial charge in [-0.15, -0.1) is 0 Å². The molecule has 6 atom stereocenters. The van der Waals surface area contributed by atoms with Crippen LogP contribution in [0.2, 0.25) is 0 Å². The predicted octanol–water partition coefficient (Wildman–Crippen LogP) is -2.31. The molecule has 1 aromatic rings. The van der Waals surface area contributed by atoms with Gasteiger partial charge in [0.05, 0.1) is 12.2 Å². The minimum Gasteiger partial charge on any atom is -0.508 e. The lowest BCUT2D eigenvalue weighted by Gasteiger charge is -2.27. The zero-order chi connectivity index (χ0) is 27.4. The van der Waals surface area contributed by atoms with Crippen LogP contribution in [0.25, 0.3) is 0 Å². The summed E-state index contributed by atoms with van der Waals surface area (Å²) in [7, 11) is 0. The van der Waals surface area contributed by atoms with Crippen molar-refractivity contribution in [2.24, 2.45) is 11.5 Å². The number of aliphatic hydroxyl groups is 2. The van der Waals surface area contributed by atoms with E-state index in [1.807, 2.05) is 0 Å². The number of aliphatic hydroxyl groups excluding tert-OH is 2. The van der Waals surface area contributed by atoms with Crippen molar-refractivity contribution in [2.45, 2.75) is 75.9 Å². The quantitative estimate of drug-likeness (QED) is 0.114. The van der Waals surface area contributed by atoms with Crippen molar-refractivity contribution in [1.82, 2.24) is 16.0 Å². The van der Waals surface area contributed by atoms with Crippen molar-refractivity contribution in [2.75, 3.05) is 6.54 Å². The summed E-state index contributed by atoms with van der Waals surface area (Å²) < 4.78 is 0. The number of amides is 3. The van der Waals surface area contributed by atoms with Crippen LogP contribution in [0.3, 0.4) is 0 Å². The van der Waals surface area contributed by atoms with E-state index in [1.54, 1.807) is 0 Å². The molecule has 0 saturated heterocycles. The number of aliphatic carboxylic acids is 1. The van der Waals surface area contributed by atoms with E-state index in [1.165, 1.54) is 38.1 Å². The lowest BCUT2D eigenvalue weighted by Crippen LogP contribution is -2.60. The Kier molecular flexibility index (Phi) is 12.8. The van der Waals surface area contributed by atoms with Gasteiger partial charge in [0.2, 0.25) is 17.7 Å². The van der Waals surface area contributed by atoms with Crippen LogP contribution >= 0.6 is 0 Å². The van der Waals surface area contributed by atoms with E-state index in [2.05, 4.69) is 16.0 Å². The molecule has 0 spiro atoms. The van der Waals surface area contributed by atoms with E-state index in [-0.39, 0.29) is 18.6 Å². The van der Waals surface area contributed by atoms with Gasteiger partial charge in [-0.25, -0.2) is 4.79 Å². The molecule has 0 aromatic heterocycles. The lowest BCUT2D eigenvalue weighted by atomic mass is 10.0. The van der Waals surface area contributed by atoms with Crippen LogP contribution in [0.1, 0.15) is 38.7 Å². The predicted molar refractivity (Wildman–Crippen MR) is 129 cm³/mol. The molecule has 11 N–H and O–H groups in total. The first-order valence-corrected chi connectivity index (χ1v) is 11.6. The van der Waals surface area contributed by atoms with Crippen molar-refractivity contribution in [3.05, 3.63) is 29.8 Å². The van der Waals surface area contributed by atoms with Gasteiger partial charge in [-0.3, -0.25) is 14.4 Å². The van der Waals surface area contributed by atoms with Crippen LogP contribution in [0, 0.1) is 0 Å². The Morgan fingerprint density at radius 1 is 0.861 bits per heavy atom. The van der Waals surface area contributed by atoms with Crippen LogP contribution in [0.15, 0.2) is 24.3 Å². The molecule has 0 saturated carbocycles. The Morgan fingerprint density at radius 2 is 1.44 bits per heavy atom. The fourth-order valence-corrected chi connectivity index (χ4v) is 3.23. The third kappa shape index (κ3) is 10.2. The van der Waals surface area contributed by atoms with Crippen molar-refractivity contribution in [3.63, 3.8) is 0 Å². The number of nitrogens with two attached hydrogens (primary N) is 2. The van der Waals surface area contributed by atoms with E-state index in [9.17, 15) is 39.6 Å². The third-order valence-electron chi connectivity index (χ3n) is 5.46. The first-order chi connectivity index (χ1) is 16.9. The van der Waals surface area contributed by atoms with E-state index >= 15 is 0 Å². The maximum absolute atomic E-state index is 13.1. The number of rotatable bonds is 15. The van der Waals surface area contributed by atoms with Gasteiger partial charge in [0.25, 0.3) is 0 Å². The Hall–Kier alpha value is -3.26. The number of carboxylic acids is 1. The summed E-state index contributed by atoms with van der Waals surface area (Å²) in [5, 5.41) is 45.7.